The number of aryl methyl sites for hydroxylation is 1. The van der Waals surface area contributed by atoms with Crippen molar-refractivity contribution in [2.75, 3.05) is 0 Å². The fraction of sp³-hybridized carbons (Fsp3) is 0.455. The second-order valence-corrected chi connectivity index (χ2v) is 18.3. The van der Waals surface area contributed by atoms with Crippen LogP contribution in [0, 0.1) is 6.92 Å². The van der Waals surface area contributed by atoms with E-state index >= 15 is 0 Å². The zero-order valence-corrected chi connectivity index (χ0v) is 15.4. The number of benzene rings is 1. The van der Waals surface area contributed by atoms with Gasteiger partial charge in [0.25, 0.3) is 0 Å². The van der Waals surface area contributed by atoms with E-state index in [1.165, 1.54) is 11.1 Å². The fourth-order valence-corrected chi connectivity index (χ4v) is 1.05. The maximum absolute atomic E-state index is 3.25. The molecule has 0 atom stereocenters. The van der Waals surface area contributed by atoms with Gasteiger partial charge in [0.1, 0.15) is 0 Å². The monoisotopic (exact) mass is 370 g/mol. The van der Waals surface area contributed by atoms with Crippen LogP contribution >= 0.6 is 27.2 Å². The predicted octanol–water partition coefficient (Wildman–Crippen LogP) is 4.98. The molecular formula is C11H16Br2Zn. The van der Waals surface area contributed by atoms with E-state index in [0.717, 1.165) is 0 Å². The third-order valence-corrected chi connectivity index (χ3v) is 1.92. The van der Waals surface area contributed by atoms with Crippen molar-refractivity contribution in [1.29, 1.82) is 0 Å². The Bertz CT molecular complexity index is 249. The molecule has 0 nitrogen and oxygen atoms in total. The van der Waals surface area contributed by atoms with Crippen LogP contribution in [0.15, 0.2) is 24.3 Å². The molecule has 1 aromatic rings. The van der Waals surface area contributed by atoms with Gasteiger partial charge in [-0.15, -0.1) is 0 Å². The molecule has 0 saturated carbocycles. The summed E-state index contributed by atoms with van der Waals surface area (Å²) >= 11 is 6.25. The summed E-state index contributed by atoms with van der Waals surface area (Å²) in [7, 11) is 0. The SMILES string of the molecule is Cc1ccc(C(C)(C)C)cc1.[Br][Zn][Br]. The first-order chi connectivity index (χ1) is 6.41. The molecule has 76 valence electrons. The van der Waals surface area contributed by atoms with Gasteiger partial charge in [-0.3, -0.25) is 0 Å². The Labute approximate surface area is 108 Å². The molecule has 1 rings (SSSR count). The van der Waals surface area contributed by atoms with Gasteiger partial charge < -0.3 is 0 Å². The molecule has 0 spiro atoms. The van der Waals surface area contributed by atoms with Crippen LogP contribution in [0.25, 0.3) is 0 Å². The van der Waals surface area contributed by atoms with Gasteiger partial charge in [-0.2, -0.15) is 0 Å². The summed E-state index contributed by atoms with van der Waals surface area (Å²) in [5, 5.41) is 0. The molecule has 0 aromatic heterocycles. The Morgan fingerprint density at radius 1 is 1.00 bits per heavy atom. The fourth-order valence-electron chi connectivity index (χ4n) is 1.05. The van der Waals surface area contributed by atoms with Crippen molar-refractivity contribution in [2.24, 2.45) is 0 Å². The van der Waals surface area contributed by atoms with Crippen LogP contribution in [0.2, 0.25) is 0 Å². The summed E-state index contributed by atoms with van der Waals surface area (Å²) in [5.74, 6) is 0. The first kappa shape index (κ1) is 14.8. The van der Waals surface area contributed by atoms with E-state index in [1.54, 1.807) is 0 Å². The molecule has 1 aromatic carbocycles. The molecule has 0 bridgehead atoms. The van der Waals surface area contributed by atoms with Gasteiger partial charge in [0.2, 0.25) is 0 Å². The number of rotatable bonds is 0. The molecule has 0 fully saturated rings. The Kier molecular flexibility index (Phi) is 7.55. The quantitative estimate of drug-likeness (QED) is 0.563. The molecule has 14 heavy (non-hydrogen) atoms. The van der Waals surface area contributed by atoms with Gasteiger partial charge in [0.15, 0.2) is 0 Å². The molecular weight excluding hydrogens is 357 g/mol. The second-order valence-electron chi connectivity index (χ2n) is 4.22. The molecule has 0 aliphatic heterocycles. The average Bonchev–Trinajstić information content (AvgIpc) is 2.04. The minimum absolute atomic E-state index is 0.250. The zero-order valence-electron chi connectivity index (χ0n) is 9.27. The van der Waals surface area contributed by atoms with Gasteiger partial charge >= 0.3 is 40.5 Å². The van der Waals surface area contributed by atoms with Crippen LogP contribution in [0.3, 0.4) is 0 Å². The topological polar surface area (TPSA) is 0 Å². The molecule has 0 N–H and O–H groups in total. The van der Waals surface area contributed by atoms with Gasteiger partial charge in [-0.1, -0.05) is 50.6 Å². The van der Waals surface area contributed by atoms with Crippen molar-refractivity contribution >= 4 is 27.2 Å². The summed E-state index contributed by atoms with van der Waals surface area (Å²) in [5.41, 5.74) is 3.02. The van der Waals surface area contributed by atoms with E-state index in [4.69, 9.17) is 0 Å². The van der Waals surface area contributed by atoms with Crippen LogP contribution in [0.1, 0.15) is 31.9 Å². The van der Waals surface area contributed by atoms with Crippen LogP contribution < -0.4 is 0 Å². The maximum atomic E-state index is 3.25. The zero-order chi connectivity index (χ0) is 11.2. The predicted molar refractivity (Wildman–Crippen MR) is 67.7 cm³/mol. The number of halogens is 2. The van der Waals surface area contributed by atoms with Gasteiger partial charge in [-0.25, -0.2) is 0 Å². The van der Waals surface area contributed by atoms with E-state index in [2.05, 4.69) is 79.2 Å². The number of hydrogen-bond acceptors (Lipinski definition) is 0. The van der Waals surface area contributed by atoms with E-state index in [0.29, 0.717) is 0 Å². The molecule has 0 heterocycles. The molecule has 0 aliphatic rings. The van der Waals surface area contributed by atoms with Gasteiger partial charge in [0, 0.05) is 0 Å². The van der Waals surface area contributed by atoms with Crippen molar-refractivity contribution in [3.05, 3.63) is 35.4 Å². The second kappa shape index (κ2) is 7.14. The van der Waals surface area contributed by atoms with E-state index in [9.17, 15) is 0 Å². The Hall–Kier alpha value is 0.803. The summed E-state index contributed by atoms with van der Waals surface area (Å²) < 4.78 is 0. The molecule has 0 radical (unpaired) electrons. The van der Waals surface area contributed by atoms with Gasteiger partial charge in [-0.05, 0) is 17.9 Å². The molecule has 0 amide bonds. The van der Waals surface area contributed by atoms with E-state index < -0.39 is 0 Å². The summed E-state index contributed by atoms with van der Waals surface area (Å²) in [6.45, 7) is 8.82. The van der Waals surface area contributed by atoms with Crippen LogP contribution in [-0.4, -0.2) is 0 Å². The first-order valence-corrected chi connectivity index (χ1v) is 18.5. The van der Waals surface area contributed by atoms with Crippen molar-refractivity contribution in [2.45, 2.75) is 33.1 Å². The van der Waals surface area contributed by atoms with E-state index in [1.807, 2.05) is 0 Å². The van der Waals surface area contributed by atoms with Crippen molar-refractivity contribution in [3.63, 3.8) is 0 Å². The Morgan fingerprint density at radius 2 is 1.36 bits per heavy atom. The van der Waals surface area contributed by atoms with Crippen LogP contribution in [0.5, 0.6) is 0 Å². The van der Waals surface area contributed by atoms with Crippen molar-refractivity contribution in [3.8, 4) is 0 Å². The summed E-state index contributed by atoms with van der Waals surface area (Å²) in [6, 6.07) is 8.74. The Balaban J connectivity index is 0.000000500. The summed E-state index contributed by atoms with van der Waals surface area (Å²) in [4.78, 5) is 0. The molecule has 0 aliphatic carbocycles. The van der Waals surface area contributed by atoms with Crippen molar-refractivity contribution in [1.82, 2.24) is 0 Å². The van der Waals surface area contributed by atoms with Gasteiger partial charge in [0.05, 0.1) is 0 Å². The van der Waals surface area contributed by atoms with Crippen molar-refractivity contribution < 1.29 is 13.2 Å². The third kappa shape index (κ3) is 6.32. The first-order valence-electron chi connectivity index (χ1n) is 4.61. The third-order valence-electron chi connectivity index (χ3n) is 1.92. The molecule has 3 heteroatoms. The van der Waals surface area contributed by atoms with Crippen LogP contribution in [0.4, 0.5) is 0 Å². The summed E-state index contributed by atoms with van der Waals surface area (Å²) in [6.07, 6.45) is 0. The molecule has 0 saturated heterocycles. The number of hydrogen-bond donors (Lipinski definition) is 0. The van der Waals surface area contributed by atoms with E-state index in [-0.39, 0.29) is 18.6 Å². The standard InChI is InChI=1S/C11H16.2BrH.Zn/c1-9-5-7-10(8-6-9)11(2,3)4;;;/h5-8H,1-4H3;2*1H;/q;;;+2/p-2. The molecule has 0 unspecified atom stereocenters. The van der Waals surface area contributed by atoms with Crippen LogP contribution in [-0.2, 0) is 18.6 Å². The Morgan fingerprint density at radius 3 is 1.64 bits per heavy atom. The average molecular weight is 373 g/mol. The minimum atomic E-state index is -0.250. The normalized spacial score (nSPS) is 9.86.